The van der Waals surface area contributed by atoms with Crippen LogP contribution in [0.4, 0.5) is 0 Å². The molecule has 1 amide bonds. The number of benzene rings is 2. The van der Waals surface area contributed by atoms with Crippen molar-refractivity contribution >= 4 is 35.2 Å². The highest BCUT2D eigenvalue weighted by Gasteiger charge is 2.15. The average molecular weight is 375 g/mol. The van der Waals surface area contributed by atoms with Crippen LogP contribution in [0.5, 0.6) is 5.75 Å². The molecule has 2 aromatic carbocycles. The van der Waals surface area contributed by atoms with Gasteiger partial charge in [0, 0.05) is 0 Å². The number of halogens is 2. The van der Waals surface area contributed by atoms with E-state index in [2.05, 4.69) is 5.32 Å². The van der Waals surface area contributed by atoms with E-state index in [-0.39, 0.29) is 11.6 Å². The highest BCUT2D eigenvalue weighted by atomic mass is 35.5. The number of nitrogens with one attached hydrogen (secondary N) is 1. The second-order valence-electron chi connectivity index (χ2n) is 5.29. The second kappa shape index (κ2) is 8.57. The maximum Gasteiger partial charge on any atom is 0.262 e. The largest absolute Gasteiger partial charge is 0.494 e. The minimum Gasteiger partial charge on any atom is -0.494 e. The maximum absolute atomic E-state index is 12.4. The SMILES string of the molecule is COc1c(Cl)cc(/C=C(/C#N)C(=O)N[C@@H](C)c2ccccc2)cc1Cl. The van der Waals surface area contributed by atoms with E-state index in [9.17, 15) is 10.1 Å². The van der Waals surface area contributed by atoms with Gasteiger partial charge in [-0.2, -0.15) is 5.26 Å². The van der Waals surface area contributed by atoms with Crippen LogP contribution in [0.1, 0.15) is 24.1 Å². The van der Waals surface area contributed by atoms with Crippen LogP contribution < -0.4 is 10.1 Å². The van der Waals surface area contributed by atoms with Gasteiger partial charge in [-0.05, 0) is 36.3 Å². The number of methoxy groups -OCH3 is 1. The Kier molecular flexibility index (Phi) is 6.46. The Morgan fingerprint density at radius 1 is 1.24 bits per heavy atom. The summed E-state index contributed by atoms with van der Waals surface area (Å²) in [6.07, 6.45) is 1.43. The standard InChI is InChI=1S/C19H16Cl2N2O2/c1-12(14-6-4-3-5-7-14)23-19(24)15(11-22)8-13-9-16(20)18(25-2)17(21)10-13/h3-10,12H,1-2H3,(H,23,24)/b15-8-/t12-/m0/s1. The zero-order valence-electron chi connectivity index (χ0n) is 13.7. The maximum atomic E-state index is 12.4. The summed E-state index contributed by atoms with van der Waals surface area (Å²) in [5.41, 5.74) is 1.44. The Labute approximate surface area is 156 Å². The summed E-state index contributed by atoms with van der Waals surface area (Å²) >= 11 is 12.2. The monoisotopic (exact) mass is 374 g/mol. The van der Waals surface area contributed by atoms with E-state index >= 15 is 0 Å². The molecule has 0 fully saturated rings. The van der Waals surface area contributed by atoms with Gasteiger partial charge in [0.15, 0.2) is 5.75 Å². The summed E-state index contributed by atoms with van der Waals surface area (Å²) in [7, 11) is 1.46. The average Bonchev–Trinajstić information content (AvgIpc) is 2.60. The number of ether oxygens (including phenoxy) is 1. The summed E-state index contributed by atoms with van der Waals surface area (Å²) in [6.45, 7) is 1.85. The van der Waals surface area contributed by atoms with E-state index in [1.54, 1.807) is 12.1 Å². The summed E-state index contributed by atoms with van der Waals surface area (Å²) in [6, 6.07) is 14.3. The lowest BCUT2D eigenvalue weighted by atomic mass is 10.1. The van der Waals surface area contributed by atoms with Crippen molar-refractivity contribution in [1.82, 2.24) is 5.32 Å². The van der Waals surface area contributed by atoms with Crippen LogP contribution in [-0.4, -0.2) is 13.0 Å². The Bertz CT molecular complexity index is 819. The molecule has 0 saturated carbocycles. The molecule has 1 atom stereocenters. The highest BCUT2D eigenvalue weighted by molar-refractivity contribution is 6.37. The van der Waals surface area contributed by atoms with Crippen LogP contribution in [0, 0.1) is 11.3 Å². The van der Waals surface area contributed by atoms with Crippen molar-refractivity contribution in [2.75, 3.05) is 7.11 Å². The third-order valence-corrected chi connectivity index (χ3v) is 4.11. The lowest BCUT2D eigenvalue weighted by Crippen LogP contribution is -2.27. The molecule has 0 aliphatic rings. The van der Waals surface area contributed by atoms with Gasteiger partial charge in [-0.25, -0.2) is 0 Å². The first-order valence-electron chi connectivity index (χ1n) is 7.47. The number of carbonyl (C=O) groups is 1. The normalized spacial score (nSPS) is 12.2. The third-order valence-electron chi connectivity index (χ3n) is 3.55. The predicted octanol–water partition coefficient (Wildman–Crippen LogP) is 4.79. The van der Waals surface area contributed by atoms with Crippen molar-refractivity contribution in [3.63, 3.8) is 0 Å². The molecule has 6 heteroatoms. The lowest BCUT2D eigenvalue weighted by molar-refractivity contribution is -0.117. The van der Waals surface area contributed by atoms with Gasteiger partial charge in [-0.3, -0.25) is 4.79 Å². The number of rotatable bonds is 5. The van der Waals surface area contributed by atoms with Crippen molar-refractivity contribution < 1.29 is 9.53 Å². The second-order valence-corrected chi connectivity index (χ2v) is 6.11. The molecule has 0 bridgehead atoms. The molecule has 0 aromatic heterocycles. The van der Waals surface area contributed by atoms with Gasteiger partial charge >= 0.3 is 0 Å². The molecule has 2 rings (SSSR count). The van der Waals surface area contributed by atoms with E-state index in [4.69, 9.17) is 27.9 Å². The first kappa shape index (κ1) is 18.9. The lowest BCUT2D eigenvalue weighted by Gasteiger charge is -2.14. The molecule has 1 N–H and O–H groups in total. The first-order valence-corrected chi connectivity index (χ1v) is 8.22. The topological polar surface area (TPSA) is 62.1 Å². The highest BCUT2D eigenvalue weighted by Crippen LogP contribution is 2.34. The Balaban J connectivity index is 2.23. The van der Waals surface area contributed by atoms with Crippen LogP contribution in [-0.2, 0) is 4.79 Å². The zero-order chi connectivity index (χ0) is 18.4. The molecule has 0 aliphatic carbocycles. The Morgan fingerprint density at radius 2 is 1.84 bits per heavy atom. The Hall–Kier alpha value is -2.48. The summed E-state index contributed by atoms with van der Waals surface area (Å²) in [5.74, 6) is -0.122. The van der Waals surface area contributed by atoms with Gasteiger partial charge in [0.25, 0.3) is 5.91 Å². The molecule has 4 nitrogen and oxygen atoms in total. The third kappa shape index (κ3) is 4.76. The van der Waals surface area contributed by atoms with E-state index in [1.807, 2.05) is 43.3 Å². The van der Waals surface area contributed by atoms with Gasteiger partial charge in [0.05, 0.1) is 23.2 Å². The molecular formula is C19H16Cl2N2O2. The number of amides is 1. The van der Waals surface area contributed by atoms with Crippen LogP contribution in [0.3, 0.4) is 0 Å². The summed E-state index contributed by atoms with van der Waals surface area (Å²) in [5, 5.41) is 12.7. The first-order chi connectivity index (χ1) is 12.0. The summed E-state index contributed by atoms with van der Waals surface area (Å²) < 4.78 is 5.08. The van der Waals surface area contributed by atoms with Crippen LogP contribution >= 0.6 is 23.2 Å². The smallest absolute Gasteiger partial charge is 0.262 e. The number of nitrogens with zero attached hydrogens (tertiary/aromatic N) is 1. The number of hydrogen-bond donors (Lipinski definition) is 1. The van der Waals surface area contributed by atoms with Crippen molar-refractivity contribution in [2.45, 2.75) is 13.0 Å². The minimum atomic E-state index is -0.470. The molecule has 25 heavy (non-hydrogen) atoms. The van der Waals surface area contributed by atoms with Crippen molar-refractivity contribution in [3.05, 3.63) is 69.2 Å². The van der Waals surface area contributed by atoms with Gasteiger partial charge in [-0.15, -0.1) is 0 Å². The van der Waals surface area contributed by atoms with E-state index in [1.165, 1.54) is 13.2 Å². The molecular weight excluding hydrogens is 359 g/mol. The fourth-order valence-electron chi connectivity index (χ4n) is 2.27. The minimum absolute atomic E-state index is 0.0416. The van der Waals surface area contributed by atoms with Crippen LogP contribution in [0.25, 0.3) is 6.08 Å². The number of hydrogen-bond acceptors (Lipinski definition) is 3. The van der Waals surface area contributed by atoms with Crippen molar-refractivity contribution in [1.29, 1.82) is 5.26 Å². The molecule has 0 aliphatic heterocycles. The molecule has 2 aromatic rings. The van der Waals surface area contributed by atoms with E-state index in [0.29, 0.717) is 21.4 Å². The zero-order valence-corrected chi connectivity index (χ0v) is 15.2. The number of nitriles is 1. The summed E-state index contributed by atoms with van der Waals surface area (Å²) in [4.78, 5) is 12.4. The molecule has 0 saturated heterocycles. The fraction of sp³-hybridized carbons (Fsp3) is 0.158. The van der Waals surface area contributed by atoms with E-state index < -0.39 is 5.91 Å². The Morgan fingerprint density at radius 3 is 2.36 bits per heavy atom. The predicted molar refractivity (Wildman–Crippen MR) is 99.6 cm³/mol. The number of carbonyl (C=O) groups excluding carboxylic acids is 1. The fourth-order valence-corrected chi connectivity index (χ4v) is 2.93. The van der Waals surface area contributed by atoms with Gasteiger partial charge in [-0.1, -0.05) is 53.5 Å². The quantitative estimate of drug-likeness (QED) is 0.604. The molecule has 0 radical (unpaired) electrons. The molecule has 128 valence electrons. The molecule has 0 heterocycles. The van der Waals surface area contributed by atoms with E-state index in [0.717, 1.165) is 5.56 Å². The van der Waals surface area contributed by atoms with Crippen molar-refractivity contribution in [2.24, 2.45) is 0 Å². The van der Waals surface area contributed by atoms with Crippen molar-refractivity contribution in [3.8, 4) is 11.8 Å². The molecule has 0 unspecified atom stereocenters. The molecule has 0 spiro atoms. The van der Waals surface area contributed by atoms with Crippen LogP contribution in [0.2, 0.25) is 10.0 Å². The van der Waals surface area contributed by atoms with Crippen LogP contribution in [0.15, 0.2) is 48.0 Å². The van der Waals surface area contributed by atoms with Gasteiger partial charge in [0.1, 0.15) is 11.6 Å². The van der Waals surface area contributed by atoms with Gasteiger partial charge in [0.2, 0.25) is 0 Å². The van der Waals surface area contributed by atoms with Gasteiger partial charge < -0.3 is 10.1 Å².